The van der Waals surface area contributed by atoms with E-state index in [2.05, 4.69) is 4.98 Å². The van der Waals surface area contributed by atoms with Crippen LogP contribution >= 0.6 is 11.6 Å². The van der Waals surface area contributed by atoms with Gasteiger partial charge >= 0.3 is 0 Å². The van der Waals surface area contributed by atoms with Crippen molar-refractivity contribution in [1.82, 2.24) is 19.9 Å². The van der Waals surface area contributed by atoms with Gasteiger partial charge in [-0.3, -0.25) is 4.98 Å². The van der Waals surface area contributed by atoms with Crippen molar-refractivity contribution in [1.29, 1.82) is 0 Å². The third-order valence-electron chi connectivity index (χ3n) is 5.32. The molecule has 32 heavy (non-hydrogen) atoms. The molecule has 0 bridgehead atoms. The largest absolute Gasteiger partial charge is 0.456 e. The molecular weight excluding hydrogens is 420 g/mol. The van der Waals surface area contributed by atoms with Gasteiger partial charge in [-0.1, -0.05) is 66.2 Å². The van der Waals surface area contributed by atoms with E-state index in [0.717, 1.165) is 38.6 Å². The second-order valence-electron chi connectivity index (χ2n) is 7.30. The van der Waals surface area contributed by atoms with Crippen molar-refractivity contribution >= 4 is 33.5 Å². The molecule has 0 unspecified atom stereocenters. The summed E-state index contributed by atoms with van der Waals surface area (Å²) in [6.45, 7) is 0. The Morgan fingerprint density at radius 1 is 0.625 bits per heavy atom. The van der Waals surface area contributed by atoms with Crippen molar-refractivity contribution in [3.63, 3.8) is 0 Å². The van der Waals surface area contributed by atoms with Gasteiger partial charge in [0, 0.05) is 39.9 Å². The summed E-state index contributed by atoms with van der Waals surface area (Å²) in [6, 6.07) is 25.1. The van der Waals surface area contributed by atoms with Crippen LogP contribution in [0.25, 0.3) is 56.1 Å². The predicted molar refractivity (Wildman–Crippen MR) is 126 cm³/mol. The minimum atomic E-state index is 0.516. The maximum Gasteiger partial charge on any atom is 0.165 e. The van der Waals surface area contributed by atoms with E-state index in [9.17, 15) is 0 Å². The molecule has 0 aliphatic rings. The highest BCUT2D eigenvalue weighted by Gasteiger charge is 2.18. The van der Waals surface area contributed by atoms with Gasteiger partial charge in [0.15, 0.2) is 17.5 Å². The van der Waals surface area contributed by atoms with Crippen molar-refractivity contribution in [3.8, 4) is 34.2 Å². The summed E-state index contributed by atoms with van der Waals surface area (Å²) >= 11 is 6.49. The molecule has 0 fully saturated rings. The molecule has 152 valence electrons. The molecule has 5 nitrogen and oxygen atoms in total. The van der Waals surface area contributed by atoms with Crippen LogP contribution in [-0.2, 0) is 0 Å². The molecule has 3 heterocycles. The maximum absolute atomic E-state index is 6.49. The summed E-state index contributed by atoms with van der Waals surface area (Å²) in [5.74, 6) is 1.64. The molecule has 3 aromatic carbocycles. The lowest BCUT2D eigenvalue weighted by molar-refractivity contribution is 0.668. The van der Waals surface area contributed by atoms with Crippen LogP contribution in [0.5, 0.6) is 0 Å². The van der Waals surface area contributed by atoms with Crippen molar-refractivity contribution in [3.05, 3.63) is 96.3 Å². The van der Waals surface area contributed by atoms with Crippen LogP contribution < -0.4 is 0 Å². The standard InChI is InChI=1S/C26H15ClN4O/c27-20-11-5-4-9-17(20)25-29-24(16-7-2-1-3-8-16)30-26(31-25)18-10-6-12-22-23(18)19-15-28-14-13-21(19)32-22/h1-15H. The SMILES string of the molecule is Clc1ccccc1-c1nc(-c2ccccc2)nc(-c2cccc3oc4ccncc4c23)n1. The lowest BCUT2D eigenvalue weighted by atomic mass is 10.1. The summed E-state index contributed by atoms with van der Waals surface area (Å²) in [7, 11) is 0. The van der Waals surface area contributed by atoms with Crippen LogP contribution in [0, 0.1) is 0 Å². The Kier molecular flexibility index (Phi) is 4.40. The molecule has 6 heteroatoms. The van der Waals surface area contributed by atoms with Gasteiger partial charge in [-0.2, -0.15) is 0 Å². The normalized spacial score (nSPS) is 11.3. The van der Waals surface area contributed by atoms with Crippen LogP contribution in [0.4, 0.5) is 0 Å². The first-order valence-electron chi connectivity index (χ1n) is 10.1. The second kappa shape index (κ2) is 7.55. The minimum absolute atomic E-state index is 0.516. The molecule has 6 aromatic rings. The van der Waals surface area contributed by atoms with E-state index in [1.165, 1.54) is 0 Å². The number of fused-ring (bicyclic) bond motifs is 3. The summed E-state index contributed by atoms with van der Waals surface area (Å²) < 4.78 is 6.03. The Morgan fingerprint density at radius 3 is 2.19 bits per heavy atom. The quantitative estimate of drug-likeness (QED) is 0.305. The summed E-state index contributed by atoms with van der Waals surface area (Å²) in [5, 5.41) is 2.42. The second-order valence-corrected chi connectivity index (χ2v) is 7.71. The lowest BCUT2D eigenvalue weighted by Crippen LogP contribution is -2.00. The Labute approximate surface area is 188 Å². The van der Waals surface area contributed by atoms with Gasteiger partial charge in [0.05, 0.1) is 5.02 Å². The third-order valence-corrected chi connectivity index (χ3v) is 5.65. The van der Waals surface area contributed by atoms with Crippen LogP contribution in [0.2, 0.25) is 5.02 Å². The number of benzene rings is 3. The molecule has 0 atom stereocenters. The van der Waals surface area contributed by atoms with E-state index in [1.54, 1.807) is 12.4 Å². The van der Waals surface area contributed by atoms with Gasteiger partial charge in [0.25, 0.3) is 0 Å². The maximum atomic E-state index is 6.49. The number of halogens is 1. The summed E-state index contributed by atoms with van der Waals surface area (Å²) in [4.78, 5) is 18.7. The number of nitrogens with zero attached hydrogens (tertiary/aromatic N) is 4. The first-order chi connectivity index (χ1) is 15.8. The fraction of sp³-hybridized carbons (Fsp3) is 0. The summed E-state index contributed by atoms with van der Waals surface area (Å²) in [5.41, 5.74) is 4.02. The van der Waals surface area contributed by atoms with Crippen molar-refractivity contribution in [2.24, 2.45) is 0 Å². The average Bonchev–Trinajstić information content (AvgIpc) is 3.23. The Hall–Kier alpha value is -4.09. The molecule has 0 radical (unpaired) electrons. The number of aromatic nitrogens is 4. The van der Waals surface area contributed by atoms with Gasteiger partial charge in [0.1, 0.15) is 11.2 Å². The van der Waals surface area contributed by atoms with Crippen LogP contribution in [0.1, 0.15) is 0 Å². The van der Waals surface area contributed by atoms with Crippen molar-refractivity contribution in [2.75, 3.05) is 0 Å². The van der Waals surface area contributed by atoms with Crippen molar-refractivity contribution < 1.29 is 4.42 Å². The van der Waals surface area contributed by atoms with Crippen molar-refractivity contribution in [2.45, 2.75) is 0 Å². The summed E-state index contributed by atoms with van der Waals surface area (Å²) in [6.07, 6.45) is 3.52. The average molecular weight is 435 g/mol. The van der Waals surface area contributed by atoms with E-state index in [0.29, 0.717) is 22.5 Å². The molecule has 0 saturated heterocycles. The highest BCUT2D eigenvalue weighted by molar-refractivity contribution is 6.33. The van der Waals surface area contributed by atoms with Gasteiger partial charge < -0.3 is 4.42 Å². The number of furan rings is 1. The molecule has 3 aromatic heterocycles. The van der Waals surface area contributed by atoms with E-state index in [-0.39, 0.29) is 0 Å². The smallest absolute Gasteiger partial charge is 0.165 e. The first-order valence-corrected chi connectivity index (χ1v) is 10.5. The zero-order valence-corrected chi connectivity index (χ0v) is 17.5. The molecule has 0 spiro atoms. The van der Waals surface area contributed by atoms with Crippen LogP contribution in [0.3, 0.4) is 0 Å². The molecule has 0 aliphatic heterocycles. The van der Waals surface area contributed by atoms with Gasteiger partial charge in [0.2, 0.25) is 0 Å². The number of hydrogen-bond donors (Lipinski definition) is 0. The van der Waals surface area contributed by atoms with E-state index in [1.807, 2.05) is 78.9 Å². The van der Waals surface area contributed by atoms with Crippen LogP contribution in [0.15, 0.2) is 95.7 Å². The zero-order valence-electron chi connectivity index (χ0n) is 16.7. The van der Waals surface area contributed by atoms with Gasteiger partial charge in [-0.15, -0.1) is 0 Å². The minimum Gasteiger partial charge on any atom is -0.456 e. The predicted octanol–water partition coefficient (Wildman–Crippen LogP) is 6.82. The molecule has 0 aliphatic carbocycles. The van der Waals surface area contributed by atoms with E-state index >= 15 is 0 Å². The van der Waals surface area contributed by atoms with E-state index in [4.69, 9.17) is 31.0 Å². The molecule has 0 saturated carbocycles. The topological polar surface area (TPSA) is 64.7 Å². The Morgan fingerprint density at radius 2 is 1.34 bits per heavy atom. The Balaban J connectivity index is 1.67. The highest BCUT2D eigenvalue weighted by atomic mass is 35.5. The molecule has 6 rings (SSSR count). The fourth-order valence-electron chi connectivity index (χ4n) is 3.83. The first kappa shape index (κ1) is 18.7. The number of rotatable bonds is 3. The lowest BCUT2D eigenvalue weighted by Gasteiger charge is -2.10. The Bertz CT molecular complexity index is 1590. The monoisotopic (exact) mass is 434 g/mol. The van der Waals surface area contributed by atoms with Gasteiger partial charge in [-0.05, 0) is 24.3 Å². The van der Waals surface area contributed by atoms with Gasteiger partial charge in [-0.25, -0.2) is 15.0 Å². The zero-order chi connectivity index (χ0) is 21.5. The number of hydrogen-bond acceptors (Lipinski definition) is 5. The third kappa shape index (κ3) is 3.11. The fourth-order valence-corrected chi connectivity index (χ4v) is 4.05. The molecule has 0 amide bonds. The molecular formula is C26H15ClN4O. The number of pyridine rings is 1. The molecule has 0 N–H and O–H groups in total. The van der Waals surface area contributed by atoms with Crippen LogP contribution in [-0.4, -0.2) is 19.9 Å². The highest BCUT2D eigenvalue weighted by Crippen LogP contribution is 2.36. The van der Waals surface area contributed by atoms with E-state index < -0.39 is 0 Å².